The Morgan fingerprint density at radius 3 is 2.40 bits per heavy atom. The molecular weight excluding hydrogens is 504 g/mol. The first kappa shape index (κ1) is 27.7. The summed E-state index contributed by atoms with van der Waals surface area (Å²) in [4.78, 5) is 25.3. The average Bonchev–Trinajstić information content (AvgIpc) is 2.96. The van der Waals surface area contributed by atoms with E-state index in [2.05, 4.69) is 10.6 Å². The Kier molecular flexibility index (Phi) is 9.00. The molecule has 0 unspecified atom stereocenters. The lowest BCUT2D eigenvalue weighted by Gasteiger charge is -2.26. The number of nitriles is 1. The minimum atomic E-state index is -0.644. The molecule has 4 rings (SSSR count). The van der Waals surface area contributed by atoms with Gasteiger partial charge in [-0.2, -0.15) is 5.26 Å². The summed E-state index contributed by atoms with van der Waals surface area (Å²) in [5.41, 5.74) is 8.66. The molecule has 0 aliphatic carbocycles. The maximum atomic E-state index is 13.0. The Hall–Kier alpha value is -5.29. The minimum absolute atomic E-state index is 0.140. The van der Waals surface area contributed by atoms with Crippen LogP contribution in [0.25, 0.3) is 10.8 Å². The van der Waals surface area contributed by atoms with Crippen LogP contribution in [0.2, 0.25) is 0 Å². The number of fused-ring (bicyclic) bond motifs is 1. The third-order valence-electron chi connectivity index (χ3n) is 6.53. The van der Waals surface area contributed by atoms with Gasteiger partial charge in [-0.25, -0.2) is 4.79 Å². The van der Waals surface area contributed by atoms with E-state index in [4.69, 9.17) is 15.7 Å². The van der Waals surface area contributed by atoms with E-state index in [9.17, 15) is 14.7 Å². The van der Waals surface area contributed by atoms with Gasteiger partial charge in [-0.15, -0.1) is 0 Å². The quantitative estimate of drug-likeness (QED) is 0.136. The number of ether oxygens (including phenoxy) is 1. The molecule has 0 fully saturated rings. The van der Waals surface area contributed by atoms with Crippen LogP contribution in [0.3, 0.4) is 0 Å². The molecule has 0 radical (unpaired) electrons. The van der Waals surface area contributed by atoms with Crippen LogP contribution in [0.4, 0.5) is 21.9 Å². The highest BCUT2D eigenvalue weighted by Crippen LogP contribution is 2.37. The first-order chi connectivity index (χ1) is 19.4. The topological polar surface area (TPSA) is 137 Å². The maximum absolute atomic E-state index is 13.0. The summed E-state index contributed by atoms with van der Waals surface area (Å²) < 4.78 is 5.96. The molecule has 0 saturated heterocycles. The van der Waals surface area contributed by atoms with Crippen LogP contribution < -0.4 is 16.4 Å². The number of aromatic hydroxyl groups is 1. The van der Waals surface area contributed by atoms with E-state index < -0.39 is 12.2 Å². The predicted octanol–water partition coefficient (Wildman–Crippen LogP) is 6.90. The van der Waals surface area contributed by atoms with Crippen LogP contribution in [0.5, 0.6) is 5.75 Å². The van der Waals surface area contributed by atoms with Crippen LogP contribution in [-0.2, 0) is 9.53 Å². The molecule has 2 amide bonds. The van der Waals surface area contributed by atoms with E-state index in [1.807, 2.05) is 37.3 Å². The van der Waals surface area contributed by atoms with Crippen molar-refractivity contribution in [1.29, 1.82) is 5.26 Å². The summed E-state index contributed by atoms with van der Waals surface area (Å²) in [5.74, 6) is -0.289. The standard InChI is InChI=1S/C32H30N4O4/c1-21(8-2-7-13-30(38)36-28-12-6-5-11-27(28)34)31(26-18-19-29(37)25-10-4-3-9-24(25)26)40-32(39)35-23-16-14-22(20-33)15-17-23/h3-7,9-19,21,31,37H,2,8,34H2,1H3,(H,35,39)(H,36,38)/b13-7+/t21-,31+/m1/s1. The van der Waals surface area contributed by atoms with Gasteiger partial charge in [0.2, 0.25) is 5.91 Å². The summed E-state index contributed by atoms with van der Waals surface area (Å²) in [6.45, 7) is 1.97. The summed E-state index contributed by atoms with van der Waals surface area (Å²) in [5, 5.41) is 26.3. The molecule has 202 valence electrons. The number of phenols is 1. The number of phenolic OH excluding ortho intramolecular Hbond substituents is 1. The number of nitrogens with zero attached hydrogens (tertiary/aromatic N) is 1. The molecule has 0 aromatic heterocycles. The summed E-state index contributed by atoms with van der Waals surface area (Å²) >= 11 is 0. The van der Waals surface area contributed by atoms with Crippen LogP contribution >= 0.6 is 0 Å². The Balaban J connectivity index is 1.49. The first-order valence-corrected chi connectivity index (χ1v) is 12.9. The molecule has 0 aliphatic rings. The van der Waals surface area contributed by atoms with Gasteiger partial charge in [0.25, 0.3) is 0 Å². The van der Waals surface area contributed by atoms with Crippen LogP contribution in [-0.4, -0.2) is 17.1 Å². The maximum Gasteiger partial charge on any atom is 0.412 e. The lowest BCUT2D eigenvalue weighted by Crippen LogP contribution is -2.22. The number of nitrogens with two attached hydrogens (primary N) is 1. The largest absolute Gasteiger partial charge is 0.507 e. The van der Waals surface area contributed by atoms with E-state index in [0.29, 0.717) is 40.9 Å². The zero-order valence-electron chi connectivity index (χ0n) is 22.0. The van der Waals surface area contributed by atoms with Gasteiger partial charge in [-0.1, -0.05) is 55.5 Å². The Morgan fingerprint density at radius 2 is 1.68 bits per heavy atom. The molecule has 2 atom stereocenters. The molecule has 8 heteroatoms. The van der Waals surface area contributed by atoms with Crippen molar-refractivity contribution >= 4 is 39.8 Å². The fourth-order valence-corrected chi connectivity index (χ4v) is 4.42. The lowest BCUT2D eigenvalue weighted by atomic mass is 9.89. The van der Waals surface area contributed by atoms with E-state index in [1.54, 1.807) is 66.7 Å². The average molecular weight is 535 g/mol. The summed E-state index contributed by atoms with van der Waals surface area (Å²) in [6.07, 6.45) is 3.12. The highest BCUT2D eigenvalue weighted by Gasteiger charge is 2.26. The van der Waals surface area contributed by atoms with E-state index in [1.165, 1.54) is 6.08 Å². The highest BCUT2D eigenvalue weighted by atomic mass is 16.6. The number of hydrogen-bond donors (Lipinski definition) is 4. The second kappa shape index (κ2) is 13.0. The number of para-hydroxylation sites is 2. The van der Waals surface area contributed by atoms with Crippen LogP contribution in [0.1, 0.15) is 37.0 Å². The molecule has 0 bridgehead atoms. The zero-order valence-corrected chi connectivity index (χ0v) is 22.0. The minimum Gasteiger partial charge on any atom is -0.507 e. The number of amides is 2. The Labute approximate surface area is 232 Å². The summed E-state index contributed by atoms with van der Waals surface area (Å²) in [7, 11) is 0. The van der Waals surface area contributed by atoms with Gasteiger partial charge in [0, 0.05) is 16.6 Å². The van der Waals surface area contributed by atoms with Gasteiger partial charge in [-0.3, -0.25) is 10.1 Å². The Morgan fingerprint density at radius 1 is 0.975 bits per heavy atom. The number of rotatable bonds is 9. The van der Waals surface area contributed by atoms with Crippen molar-refractivity contribution in [3.05, 3.63) is 108 Å². The van der Waals surface area contributed by atoms with Gasteiger partial charge >= 0.3 is 6.09 Å². The van der Waals surface area contributed by atoms with Crippen molar-refractivity contribution in [2.75, 3.05) is 16.4 Å². The number of nitrogens with one attached hydrogen (secondary N) is 2. The van der Waals surface area contributed by atoms with Gasteiger partial charge in [0.05, 0.1) is 23.0 Å². The van der Waals surface area contributed by atoms with Crippen LogP contribution in [0.15, 0.2) is 97.1 Å². The van der Waals surface area contributed by atoms with Crippen molar-refractivity contribution in [3.8, 4) is 11.8 Å². The molecular formula is C32H30N4O4. The third kappa shape index (κ3) is 6.97. The van der Waals surface area contributed by atoms with Crippen molar-refractivity contribution in [3.63, 3.8) is 0 Å². The normalized spacial score (nSPS) is 12.4. The van der Waals surface area contributed by atoms with E-state index >= 15 is 0 Å². The van der Waals surface area contributed by atoms with Gasteiger partial charge in [-0.05, 0) is 72.7 Å². The number of carbonyl (C=O) groups excluding carboxylic acids is 2. The first-order valence-electron chi connectivity index (χ1n) is 12.9. The number of anilines is 3. The Bertz CT molecular complexity index is 1570. The molecule has 0 heterocycles. The number of nitrogen functional groups attached to an aromatic ring is 1. The molecule has 0 spiro atoms. The summed E-state index contributed by atoms with van der Waals surface area (Å²) in [6, 6.07) is 26.3. The number of carbonyl (C=O) groups is 2. The third-order valence-corrected chi connectivity index (χ3v) is 6.53. The second-order valence-electron chi connectivity index (χ2n) is 9.39. The second-order valence-corrected chi connectivity index (χ2v) is 9.39. The number of allylic oxidation sites excluding steroid dienone is 1. The van der Waals surface area contributed by atoms with Gasteiger partial charge < -0.3 is 20.9 Å². The molecule has 4 aromatic carbocycles. The van der Waals surface area contributed by atoms with Gasteiger partial charge in [0.1, 0.15) is 11.9 Å². The predicted molar refractivity (Wildman–Crippen MR) is 157 cm³/mol. The van der Waals surface area contributed by atoms with Crippen LogP contribution in [0, 0.1) is 17.2 Å². The number of benzene rings is 4. The number of hydrogen-bond acceptors (Lipinski definition) is 6. The van der Waals surface area contributed by atoms with Crippen molar-refractivity contribution in [2.45, 2.75) is 25.9 Å². The fraction of sp³-hybridized carbons (Fsp3) is 0.156. The van der Waals surface area contributed by atoms with Crippen molar-refractivity contribution in [1.82, 2.24) is 0 Å². The molecule has 0 saturated carbocycles. The lowest BCUT2D eigenvalue weighted by molar-refractivity contribution is -0.111. The highest BCUT2D eigenvalue weighted by molar-refractivity contribution is 6.01. The van der Waals surface area contributed by atoms with E-state index in [-0.39, 0.29) is 17.6 Å². The van der Waals surface area contributed by atoms with Crippen molar-refractivity contribution in [2.24, 2.45) is 5.92 Å². The fourth-order valence-electron chi connectivity index (χ4n) is 4.42. The van der Waals surface area contributed by atoms with Gasteiger partial charge in [0.15, 0.2) is 0 Å². The molecule has 40 heavy (non-hydrogen) atoms. The molecule has 0 aliphatic heterocycles. The monoisotopic (exact) mass is 534 g/mol. The van der Waals surface area contributed by atoms with E-state index in [0.717, 1.165) is 10.9 Å². The molecule has 8 nitrogen and oxygen atoms in total. The smallest absolute Gasteiger partial charge is 0.412 e. The molecule has 5 N–H and O–H groups in total. The SMILES string of the molecule is C[C@H](CC/C=C/C(=O)Nc1ccccc1N)[C@H](OC(=O)Nc1ccc(C#N)cc1)c1ccc(O)c2ccccc12. The zero-order chi connectivity index (χ0) is 28.5. The molecule has 4 aromatic rings. The van der Waals surface area contributed by atoms with Crippen molar-refractivity contribution < 1.29 is 19.4 Å².